The fraction of sp³-hybridized carbons (Fsp3) is 0.529. The molecule has 30 heavy (non-hydrogen) atoms. The van der Waals surface area contributed by atoms with Crippen molar-refractivity contribution in [1.29, 1.82) is 0 Å². The smallest absolute Gasteiger partial charge is 0.303 e. The van der Waals surface area contributed by atoms with Gasteiger partial charge >= 0.3 is 17.9 Å². The summed E-state index contributed by atoms with van der Waals surface area (Å²) < 4.78 is 23.2. The Balaban J connectivity index is 2.08. The van der Waals surface area contributed by atoms with Crippen molar-refractivity contribution in [2.45, 2.75) is 50.3 Å². The molecule has 3 rings (SSSR count). The van der Waals surface area contributed by atoms with Gasteiger partial charge in [0.2, 0.25) is 0 Å². The van der Waals surface area contributed by atoms with Crippen molar-refractivity contribution in [1.82, 2.24) is 19.7 Å². The second-order valence-corrected chi connectivity index (χ2v) is 7.22. The SMILES string of the molecule is CSc1nn([C@H]2O[C@H](COC(C)=O)[C@H](OC(C)=O)[C@@H]2OC(C)=O)c2ncnc(N)c12. The number of hydrogen-bond donors (Lipinski definition) is 1. The van der Waals surface area contributed by atoms with Crippen molar-refractivity contribution in [3.8, 4) is 0 Å². The van der Waals surface area contributed by atoms with E-state index in [-0.39, 0.29) is 12.4 Å². The number of nitrogens with zero attached hydrogens (tertiary/aromatic N) is 4. The van der Waals surface area contributed by atoms with Crippen molar-refractivity contribution < 1.29 is 33.3 Å². The molecule has 1 aliphatic heterocycles. The largest absolute Gasteiger partial charge is 0.463 e. The molecule has 2 aromatic rings. The van der Waals surface area contributed by atoms with Crippen LogP contribution < -0.4 is 5.73 Å². The lowest BCUT2D eigenvalue weighted by atomic mass is 10.1. The molecule has 0 spiro atoms. The van der Waals surface area contributed by atoms with E-state index >= 15 is 0 Å². The minimum absolute atomic E-state index is 0.215. The Morgan fingerprint density at radius 3 is 2.40 bits per heavy atom. The summed E-state index contributed by atoms with van der Waals surface area (Å²) in [6.45, 7) is 3.45. The highest BCUT2D eigenvalue weighted by Crippen LogP contribution is 2.38. The second-order valence-electron chi connectivity index (χ2n) is 6.43. The van der Waals surface area contributed by atoms with Crippen molar-refractivity contribution in [2.75, 3.05) is 18.6 Å². The zero-order valence-corrected chi connectivity index (χ0v) is 17.5. The Morgan fingerprint density at radius 1 is 1.13 bits per heavy atom. The highest BCUT2D eigenvalue weighted by Gasteiger charge is 2.51. The predicted molar refractivity (Wildman–Crippen MR) is 103 cm³/mol. The Hall–Kier alpha value is -2.93. The number of esters is 3. The molecule has 12 nitrogen and oxygen atoms in total. The number of thioether (sulfide) groups is 1. The van der Waals surface area contributed by atoms with Gasteiger partial charge in [0, 0.05) is 20.8 Å². The van der Waals surface area contributed by atoms with E-state index < -0.39 is 42.4 Å². The molecule has 162 valence electrons. The number of anilines is 1. The Bertz CT molecular complexity index is 981. The number of rotatable bonds is 6. The van der Waals surface area contributed by atoms with Gasteiger partial charge in [0.1, 0.15) is 29.9 Å². The van der Waals surface area contributed by atoms with E-state index in [9.17, 15) is 14.4 Å². The van der Waals surface area contributed by atoms with Crippen LogP contribution >= 0.6 is 11.8 Å². The molecule has 0 aromatic carbocycles. The van der Waals surface area contributed by atoms with Crippen LogP contribution in [0.25, 0.3) is 11.0 Å². The minimum atomic E-state index is -1.07. The molecular formula is C17H21N5O7S. The average molecular weight is 439 g/mol. The predicted octanol–water partition coefficient (Wildman–Crippen LogP) is 0.454. The molecule has 3 heterocycles. The standard InChI is InChI=1S/C17H21N5O7S/c1-7(23)26-5-10-12(27-8(2)24)13(28-9(3)25)17(29-10)22-15-11(16(21-22)30-4)14(18)19-6-20-15/h6,10,12-13,17H,5H2,1-4H3,(H2,18,19,20)/t10-,12+,13+,17+/m1/s1. The van der Waals surface area contributed by atoms with E-state index in [1.165, 1.54) is 43.5 Å². The number of nitrogen functional groups attached to an aromatic ring is 1. The summed E-state index contributed by atoms with van der Waals surface area (Å²) in [6.07, 6.45) is -0.939. The molecule has 13 heteroatoms. The molecular weight excluding hydrogens is 418 g/mol. The number of carbonyl (C=O) groups excluding carboxylic acids is 3. The van der Waals surface area contributed by atoms with E-state index in [4.69, 9.17) is 24.7 Å². The lowest BCUT2D eigenvalue weighted by Gasteiger charge is -2.23. The van der Waals surface area contributed by atoms with E-state index in [0.717, 1.165) is 0 Å². The van der Waals surface area contributed by atoms with Crippen LogP contribution in [-0.2, 0) is 33.3 Å². The summed E-state index contributed by atoms with van der Waals surface area (Å²) in [5.74, 6) is -1.54. The van der Waals surface area contributed by atoms with Crippen molar-refractivity contribution in [3.05, 3.63) is 6.33 Å². The Morgan fingerprint density at radius 2 is 1.80 bits per heavy atom. The van der Waals surface area contributed by atoms with Crippen LogP contribution in [0.5, 0.6) is 0 Å². The maximum absolute atomic E-state index is 11.8. The van der Waals surface area contributed by atoms with Crippen molar-refractivity contribution >= 4 is 46.5 Å². The maximum Gasteiger partial charge on any atom is 0.303 e. The number of aromatic nitrogens is 4. The van der Waals surface area contributed by atoms with Gasteiger partial charge in [0.25, 0.3) is 0 Å². The quantitative estimate of drug-likeness (QED) is 0.377. The minimum Gasteiger partial charge on any atom is -0.463 e. The first-order valence-corrected chi connectivity index (χ1v) is 10.1. The third-order valence-electron chi connectivity index (χ3n) is 4.26. The summed E-state index contributed by atoms with van der Waals surface area (Å²) in [6, 6.07) is 0. The number of fused-ring (bicyclic) bond motifs is 1. The second kappa shape index (κ2) is 8.83. The fourth-order valence-electron chi connectivity index (χ4n) is 3.17. The third kappa shape index (κ3) is 4.31. The fourth-order valence-corrected chi connectivity index (χ4v) is 3.74. The summed E-state index contributed by atoms with van der Waals surface area (Å²) in [5.41, 5.74) is 6.34. The summed E-state index contributed by atoms with van der Waals surface area (Å²) >= 11 is 1.32. The molecule has 2 N–H and O–H groups in total. The summed E-state index contributed by atoms with van der Waals surface area (Å²) in [7, 11) is 0. The van der Waals surface area contributed by atoms with Gasteiger partial charge in [-0.15, -0.1) is 11.8 Å². The molecule has 1 aliphatic rings. The first kappa shape index (κ1) is 21.8. The van der Waals surface area contributed by atoms with Gasteiger partial charge in [-0.3, -0.25) is 14.4 Å². The molecule has 0 radical (unpaired) electrons. The third-order valence-corrected chi connectivity index (χ3v) is 4.93. The number of hydrogen-bond acceptors (Lipinski definition) is 12. The van der Waals surface area contributed by atoms with Crippen LogP contribution in [0, 0.1) is 0 Å². The molecule has 0 aliphatic carbocycles. The van der Waals surface area contributed by atoms with Crippen LogP contribution in [0.3, 0.4) is 0 Å². The van der Waals surface area contributed by atoms with Gasteiger partial charge in [0.15, 0.2) is 24.1 Å². The topological polar surface area (TPSA) is 158 Å². The molecule has 0 saturated carbocycles. The summed E-state index contributed by atoms with van der Waals surface area (Å²) in [4.78, 5) is 43.0. The Kier molecular flexibility index (Phi) is 6.41. The van der Waals surface area contributed by atoms with Crippen molar-refractivity contribution in [3.63, 3.8) is 0 Å². The number of ether oxygens (including phenoxy) is 4. The molecule has 4 atom stereocenters. The average Bonchev–Trinajstić information content (AvgIpc) is 3.19. The maximum atomic E-state index is 11.8. The van der Waals surface area contributed by atoms with E-state index in [1.807, 2.05) is 6.26 Å². The first-order valence-electron chi connectivity index (χ1n) is 8.88. The van der Waals surface area contributed by atoms with Crippen LogP contribution in [0.2, 0.25) is 0 Å². The van der Waals surface area contributed by atoms with Gasteiger partial charge in [-0.1, -0.05) is 0 Å². The number of nitrogens with two attached hydrogens (primary N) is 1. The molecule has 0 unspecified atom stereocenters. The highest BCUT2D eigenvalue weighted by molar-refractivity contribution is 7.98. The van der Waals surface area contributed by atoms with Crippen LogP contribution in [0.1, 0.15) is 27.0 Å². The van der Waals surface area contributed by atoms with Gasteiger partial charge < -0.3 is 24.7 Å². The van der Waals surface area contributed by atoms with Gasteiger partial charge in [-0.25, -0.2) is 14.6 Å². The summed E-state index contributed by atoms with van der Waals surface area (Å²) in [5, 5.41) is 5.54. The zero-order chi connectivity index (χ0) is 22.0. The lowest BCUT2D eigenvalue weighted by Crippen LogP contribution is -2.40. The van der Waals surface area contributed by atoms with Crippen LogP contribution in [0.4, 0.5) is 5.82 Å². The van der Waals surface area contributed by atoms with Crippen LogP contribution in [-0.4, -0.2) is 68.8 Å². The zero-order valence-electron chi connectivity index (χ0n) is 16.7. The normalized spacial score (nSPS) is 23.3. The van der Waals surface area contributed by atoms with E-state index in [1.54, 1.807) is 0 Å². The van der Waals surface area contributed by atoms with Crippen molar-refractivity contribution in [2.24, 2.45) is 0 Å². The molecule has 0 amide bonds. The number of carbonyl (C=O) groups is 3. The molecule has 2 aromatic heterocycles. The molecule has 0 bridgehead atoms. The lowest BCUT2D eigenvalue weighted by molar-refractivity contribution is -0.166. The monoisotopic (exact) mass is 439 g/mol. The first-order chi connectivity index (χ1) is 14.2. The molecule has 1 fully saturated rings. The Labute approximate surface area is 175 Å². The van der Waals surface area contributed by atoms with Gasteiger partial charge in [0.05, 0.1) is 5.39 Å². The van der Waals surface area contributed by atoms with E-state index in [0.29, 0.717) is 16.1 Å². The van der Waals surface area contributed by atoms with E-state index in [2.05, 4.69) is 15.1 Å². The highest BCUT2D eigenvalue weighted by atomic mass is 32.2. The van der Waals surface area contributed by atoms with Gasteiger partial charge in [-0.2, -0.15) is 5.10 Å². The molecule has 1 saturated heterocycles. The van der Waals surface area contributed by atoms with Gasteiger partial charge in [-0.05, 0) is 6.26 Å². The van der Waals surface area contributed by atoms with Crippen LogP contribution in [0.15, 0.2) is 11.4 Å².